The SMILES string of the molecule is [C-]#[N+][C@@H]1C[C@@H](O)C(c2ccc(C(O)CCCC)cc2)C1CCCc1c[c-]ccc1.[Y]. The van der Waals surface area contributed by atoms with E-state index in [2.05, 4.69) is 23.9 Å². The predicted molar refractivity (Wildman–Crippen MR) is 116 cm³/mol. The van der Waals surface area contributed by atoms with Gasteiger partial charge in [-0.05, 0) is 24.0 Å². The average Bonchev–Trinajstić information content (AvgIpc) is 3.08. The van der Waals surface area contributed by atoms with Crippen LogP contribution in [0.3, 0.4) is 0 Å². The first kappa shape index (κ1) is 25.2. The van der Waals surface area contributed by atoms with Crippen LogP contribution in [0.15, 0.2) is 48.5 Å². The second-order valence-electron chi connectivity index (χ2n) is 8.32. The third-order valence-electron chi connectivity index (χ3n) is 6.33. The van der Waals surface area contributed by atoms with E-state index in [9.17, 15) is 10.2 Å². The number of nitrogens with zero attached hydrogens (tertiary/aromatic N) is 1. The molecule has 1 radical (unpaired) electrons. The van der Waals surface area contributed by atoms with Gasteiger partial charge in [-0.15, -0.1) is 0 Å². The predicted octanol–water partition coefficient (Wildman–Crippen LogP) is 5.48. The Balaban J connectivity index is 0.00000320. The molecule has 1 aliphatic carbocycles. The van der Waals surface area contributed by atoms with E-state index >= 15 is 0 Å². The first-order chi connectivity index (χ1) is 14.1. The maximum absolute atomic E-state index is 10.7. The van der Waals surface area contributed by atoms with Crippen molar-refractivity contribution in [3.63, 3.8) is 0 Å². The van der Waals surface area contributed by atoms with E-state index in [1.165, 1.54) is 5.56 Å². The second kappa shape index (κ2) is 12.7. The molecule has 1 saturated carbocycles. The minimum Gasteiger partial charge on any atom is -0.392 e. The van der Waals surface area contributed by atoms with Crippen LogP contribution in [0.25, 0.3) is 4.85 Å². The standard InChI is InChI=1S/C26H32NO2.Y/c1-3-4-13-24(28)20-14-16-21(17-15-20)26-22(23(27-2)18-25(26)29)12-8-11-19-9-6-5-7-10-19;/h5-6,9-10,14-17,22-26,28-29H,3-4,8,11-13,18H2,1H3;/q-1;/t22?,23-,24?,25-,26?;/m1./s1. The van der Waals surface area contributed by atoms with Gasteiger partial charge in [-0.3, -0.25) is 0 Å². The van der Waals surface area contributed by atoms with Gasteiger partial charge in [0.15, 0.2) is 0 Å². The minimum absolute atomic E-state index is 0. The van der Waals surface area contributed by atoms with E-state index in [0.29, 0.717) is 6.42 Å². The fourth-order valence-corrected chi connectivity index (χ4v) is 4.72. The summed E-state index contributed by atoms with van der Waals surface area (Å²) in [4.78, 5) is 3.84. The van der Waals surface area contributed by atoms with Gasteiger partial charge in [-0.1, -0.05) is 56.9 Å². The monoisotopic (exact) mass is 479 g/mol. The Bertz CT molecular complexity index is 787. The van der Waals surface area contributed by atoms with Gasteiger partial charge >= 0.3 is 0 Å². The maximum Gasteiger partial charge on any atom is 0.229 e. The maximum atomic E-state index is 10.7. The molecule has 0 amide bonds. The molecule has 0 heterocycles. The average molecular weight is 479 g/mol. The third-order valence-corrected chi connectivity index (χ3v) is 6.33. The summed E-state index contributed by atoms with van der Waals surface area (Å²) in [6.07, 6.45) is 5.44. The van der Waals surface area contributed by atoms with Crippen LogP contribution in [0.1, 0.15) is 74.2 Å². The molecule has 157 valence electrons. The molecule has 0 bridgehead atoms. The zero-order valence-corrected chi connectivity index (χ0v) is 20.7. The van der Waals surface area contributed by atoms with Gasteiger partial charge in [0.25, 0.3) is 0 Å². The Morgan fingerprint density at radius 3 is 2.60 bits per heavy atom. The van der Waals surface area contributed by atoms with E-state index in [0.717, 1.165) is 49.7 Å². The third kappa shape index (κ3) is 6.47. The molecule has 0 saturated heterocycles. The first-order valence-electron chi connectivity index (χ1n) is 10.9. The van der Waals surface area contributed by atoms with E-state index in [1.54, 1.807) is 0 Å². The molecule has 5 atom stereocenters. The molecule has 0 aromatic heterocycles. The molecule has 2 aromatic rings. The number of hydrogen-bond acceptors (Lipinski definition) is 2. The fourth-order valence-electron chi connectivity index (χ4n) is 4.72. The van der Waals surface area contributed by atoms with Crippen LogP contribution in [0.5, 0.6) is 0 Å². The van der Waals surface area contributed by atoms with Gasteiger partial charge < -0.3 is 15.1 Å². The Morgan fingerprint density at radius 1 is 1.20 bits per heavy atom. The number of aryl methyl sites for hydroxylation is 1. The molecule has 2 aromatic carbocycles. The fraction of sp³-hybridized carbons (Fsp3) is 0.500. The van der Waals surface area contributed by atoms with Crippen LogP contribution < -0.4 is 0 Å². The Hall–Kier alpha value is -1.05. The van der Waals surface area contributed by atoms with Crippen LogP contribution in [-0.4, -0.2) is 22.4 Å². The quantitative estimate of drug-likeness (QED) is 0.468. The van der Waals surface area contributed by atoms with Gasteiger partial charge in [0.1, 0.15) is 0 Å². The molecule has 0 spiro atoms. The summed E-state index contributed by atoms with van der Waals surface area (Å²) in [5.41, 5.74) is 3.30. The summed E-state index contributed by atoms with van der Waals surface area (Å²) < 4.78 is 0. The number of aliphatic hydroxyl groups is 2. The van der Waals surface area contributed by atoms with Crippen molar-refractivity contribution in [2.45, 2.75) is 76.0 Å². The van der Waals surface area contributed by atoms with E-state index in [-0.39, 0.29) is 50.6 Å². The van der Waals surface area contributed by atoms with E-state index < -0.39 is 12.2 Å². The molecule has 30 heavy (non-hydrogen) atoms. The Morgan fingerprint density at radius 2 is 1.97 bits per heavy atom. The van der Waals surface area contributed by atoms with Gasteiger partial charge in [0.2, 0.25) is 6.04 Å². The molecule has 3 rings (SSSR count). The first-order valence-corrected chi connectivity index (χ1v) is 10.9. The smallest absolute Gasteiger partial charge is 0.229 e. The van der Waals surface area contributed by atoms with Crippen LogP contribution in [0.2, 0.25) is 0 Å². The van der Waals surface area contributed by atoms with Crippen molar-refractivity contribution in [1.82, 2.24) is 0 Å². The number of rotatable bonds is 9. The number of unbranched alkanes of at least 4 members (excludes halogenated alkanes) is 1. The van der Waals surface area contributed by atoms with E-state index in [4.69, 9.17) is 6.57 Å². The zero-order valence-electron chi connectivity index (χ0n) is 17.9. The normalized spacial score (nSPS) is 24.1. The molecular weight excluding hydrogens is 447 g/mol. The van der Waals surface area contributed by atoms with Crippen LogP contribution in [0.4, 0.5) is 0 Å². The van der Waals surface area contributed by atoms with Crippen molar-refractivity contribution in [2.75, 3.05) is 0 Å². The van der Waals surface area contributed by atoms with Crippen molar-refractivity contribution in [2.24, 2.45) is 5.92 Å². The summed E-state index contributed by atoms with van der Waals surface area (Å²) >= 11 is 0. The largest absolute Gasteiger partial charge is 0.392 e. The summed E-state index contributed by atoms with van der Waals surface area (Å²) in [6.45, 7) is 9.73. The Kier molecular flexibility index (Phi) is 10.7. The molecule has 0 aliphatic heterocycles. The van der Waals surface area contributed by atoms with Gasteiger partial charge in [-0.2, -0.15) is 35.9 Å². The van der Waals surface area contributed by atoms with Crippen LogP contribution in [0, 0.1) is 18.6 Å². The summed E-state index contributed by atoms with van der Waals surface area (Å²) in [5.74, 6) is 0.171. The van der Waals surface area contributed by atoms with Gasteiger partial charge in [0, 0.05) is 51.0 Å². The molecule has 1 fully saturated rings. The van der Waals surface area contributed by atoms with Crippen LogP contribution in [-0.2, 0) is 39.1 Å². The number of benzene rings is 2. The van der Waals surface area contributed by atoms with Crippen molar-refractivity contribution < 1.29 is 42.9 Å². The minimum atomic E-state index is -0.472. The molecule has 3 unspecified atom stereocenters. The van der Waals surface area contributed by atoms with Crippen LogP contribution >= 0.6 is 0 Å². The van der Waals surface area contributed by atoms with Crippen molar-refractivity contribution in [3.05, 3.63) is 82.7 Å². The molecule has 1 aliphatic rings. The summed E-state index contributed by atoms with van der Waals surface area (Å²) in [6, 6.07) is 19.1. The zero-order chi connectivity index (χ0) is 20.6. The van der Waals surface area contributed by atoms with Crippen molar-refractivity contribution in [1.29, 1.82) is 0 Å². The molecular formula is C26H32NO2Y-. The topological polar surface area (TPSA) is 44.8 Å². The molecule has 3 nitrogen and oxygen atoms in total. The number of hydrogen-bond donors (Lipinski definition) is 2. The summed E-state index contributed by atoms with van der Waals surface area (Å²) in [7, 11) is 0. The second-order valence-corrected chi connectivity index (χ2v) is 8.32. The summed E-state index contributed by atoms with van der Waals surface area (Å²) in [5, 5.41) is 21.1. The van der Waals surface area contributed by atoms with E-state index in [1.807, 2.05) is 42.5 Å². The van der Waals surface area contributed by atoms with Crippen molar-refractivity contribution in [3.8, 4) is 0 Å². The molecule has 4 heteroatoms. The number of aliphatic hydroxyl groups excluding tert-OH is 2. The molecule has 2 N–H and O–H groups in total. The van der Waals surface area contributed by atoms with Gasteiger partial charge in [0.05, 0.1) is 12.2 Å². The van der Waals surface area contributed by atoms with Crippen molar-refractivity contribution >= 4 is 0 Å². The Labute approximate surface area is 206 Å². The van der Waals surface area contributed by atoms with Gasteiger partial charge in [-0.25, -0.2) is 6.57 Å².